The van der Waals surface area contributed by atoms with E-state index in [1.807, 2.05) is 29.2 Å². The van der Waals surface area contributed by atoms with Gasteiger partial charge in [-0.1, -0.05) is 12.1 Å². The van der Waals surface area contributed by atoms with Crippen LogP contribution in [0.1, 0.15) is 35.7 Å². The predicted molar refractivity (Wildman–Crippen MR) is 97.3 cm³/mol. The summed E-state index contributed by atoms with van der Waals surface area (Å²) in [7, 11) is 0. The number of piperazine rings is 1. The van der Waals surface area contributed by atoms with Gasteiger partial charge in [0.15, 0.2) is 0 Å². The second-order valence-corrected chi connectivity index (χ2v) is 7.00. The Kier molecular flexibility index (Phi) is 6.04. The molecule has 2 saturated heterocycles. The molecule has 3 rings (SSSR count). The molecule has 2 N–H and O–H groups in total. The zero-order valence-electron chi connectivity index (χ0n) is 15.0. The number of amides is 2. The average molecular weight is 344 g/mol. The van der Waals surface area contributed by atoms with Crippen molar-refractivity contribution >= 4 is 11.8 Å². The SMILES string of the molecule is C[C@@H]1CNCCN1CC(=O)NCc1ccc(C(=O)N2CCCC2)cc1. The van der Waals surface area contributed by atoms with Crippen LogP contribution in [0.4, 0.5) is 0 Å². The van der Waals surface area contributed by atoms with Gasteiger partial charge in [-0.25, -0.2) is 0 Å². The van der Waals surface area contributed by atoms with Crippen molar-refractivity contribution < 1.29 is 9.59 Å². The Labute approximate surface area is 149 Å². The Morgan fingerprint density at radius 2 is 1.88 bits per heavy atom. The normalized spacial score (nSPS) is 21.3. The van der Waals surface area contributed by atoms with E-state index in [1.54, 1.807) is 0 Å². The molecule has 2 aliphatic rings. The van der Waals surface area contributed by atoms with Gasteiger partial charge in [0.2, 0.25) is 5.91 Å². The summed E-state index contributed by atoms with van der Waals surface area (Å²) in [5.41, 5.74) is 1.74. The number of benzene rings is 1. The average Bonchev–Trinajstić information content (AvgIpc) is 3.16. The fraction of sp³-hybridized carbons (Fsp3) is 0.579. The molecule has 0 spiro atoms. The predicted octanol–water partition coefficient (Wildman–Crippen LogP) is 0.833. The van der Waals surface area contributed by atoms with Crippen molar-refractivity contribution in [2.24, 2.45) is 0 Å². The molecule has 25 heavy (non-hydrogen) atoms. The van der Waals surface area contributed by atoms with E-state index in [9.17, 15) is 9.59 Å². The number of hydrogen-bond donors (Lipinski definition) is 2. The summed E-state index contributed by atoms with van der Waals surface area (Å²) in [6.45, 7) is 7.56. The molecule has 1 aromatic rings. The summed E-state index contributed by atoms with van der Waals surface area (Å²) in [6, 6.07) is 7.96. The van der Waals surface area contributed by atoms with Gasteiger partial charge in [-0.3, -0.25) is 14.5 Å². The van der Waals surface area contributed by atoms with E-state index in [2.05, 4.69) is 22.5 Å². The third-order valence-corrected chi connectivity index (χ3v) is 5.07. The molecule has 2 amide bonds. The molecule has 0 unspecified atom stereocenters. The number of nitrogens with zero attached hydrogens (tertiary/aromatic N) is 2. The lowest BCUT2D eigenvalue weighted by atomic mass is 10.1. The molecule has 2 heterocycles. The van der Waals surface area contributed by atoms with Crippen molar-refractivity contribution in [3.8, 4) is 0 Å². The monoisotopic (exact) mass is 344 g/mol. The Balaban J connectivity index is 1.46. The molecular weight excluding hydrogens is 316 g/mol. The van der Waals surface area contributed by atoms with E-state index < -0.39 is 0 Å². The Morgan fingerprint density at radius 1 is 1.16 bits per heavy atom. The Bertz CT molecular complexity index is 596. The van der Waals surface area contributed by atoms with Gasteiger partial charge >= 0.3 is 0 Å². The van der Waals surface area contributed by atoms with E-state index in [-0.39, 0.29) is 11.8 Å². The summed E-state index contributed by atoms with van der Waals surface area (Å²) in [6.07, 6.45) is 2.20. The minimum atomic E-state index is 0.0472. The van der Waals surface area contributed by atoms with Gasteiger partial charge in [0, 0.05) is 50.9 Å². The zero-order valence-corrected chi connectivity index (χ0v) is 15.0. The molecule has 0 saturated carbocycles. The van der Waals surface area contributed by atoms with Crippen LogP contribution in [-0.2, 0) is 11.3 Å². The second kappa shape index (κ2) is 8.45. The van der Waals surface area contributed by atoms with Gasteiger partial charge in [-0.2, -0.15) is 0 Å². The van der Waals surface area contributed by atoms with Gasteiger partial charge < -0.3 is 15.5 Å². The number of carbonyl (C=O) groups excluding carboxylic acids is 2. The van der Waals surface area contributed by atoms with Gasteiger partial charge in [0.1, 0.15) is 0 Å². The van der Waals surface area contributed by atoms with E-state index >= 15 is 0 Å². The van der Waals surface area contributed by atoms with Gasteiger partial charge in [-0.05, 0) is 37.5 Å². The molecular formula is C19H28N4O2. The van der Waals surface area contributed by atoms with Gasteiger partial charge in [-0.15, -0.1) is 0 Å². The topological polar surface area (TPSA) is 64.7 Å². The number of carbonyl (C=O) groups is 2. The highest BCUT2D eigenvalue weighted by molar-refractivity contribution is 5.94. The molecule has 1 aromatic carbocycles. The highest BCUT2D eigenvalue weighted by Gasteiger charge is 2.20. The second-order valence-electron chi connectivity index (χ2n) is 7.00. The maximum atomic E-state index is 12.3. The lowest BCUT2D eigenvalue weighted by Gasteiger charge is -2.33. The van der Waals surface area contributed by atoms with Crippen LogP contribution in [0.5, 0.6) is 0 Å². The minimum absolute atomic E-state index is 0.0472. The van der Waals surface area contributed by atoms with E-state index in [0.717, 1.165) is 56.7 Å². The van der Waals surface area contributed by atoms with Crippen LogP contribution in [0.2, 0.25) is 0 Å². The van der Waals surface area contributed by atoms with Crippen molar-refractivity contribution in [3.63, 3.8) is 0 Å². The zero-order chi connectivity index (χ0) is 17.6. The van der Waals surface area contributed by atoms with Crippen LogP contribution in [0.25, 0.3) is 0 Å². The van der Waals surface area contributed by atoms with Crippen LogP contribution in [0.15, 0.2) is 24.3 Å². The third kappa shape index (κ3) is 4.80. The maximum absolute atomic E-state index is 12.3. The van der Waals surface area contributed by atoms with Crippen LogP contribution in [0.3, 0.4) is 0 Å². The maximum Gasteiger partial charge on any atom is 0.253 e. The molecule has 6 nitrogen and oxygen atoms in total. The van der Waals surface area contributed by atoms with Crippen molar-refractivity contribution in [1.29, 1.82) is 0 Å². The van der Waals surface area contributed by atoms with Crippen molar-refractivity contribution in [2.75, 3.05) is 39.3 Å². The van der Waals surface area contributed by atoms with E-state index in [4.69, 9.17) is 0 Å². The first-order chi connectivity index (χ1) is 12.1. The smallest absolute Gasteiger partial charge is 0.253 e. The highest BCUT2D eigenvalue weighted by Crippen LogP contribution is 2.13. The van der Waals surface area contributed by atoms with Crippen LogP contribution in [0, 0.1) is 0 Å². The van der Waals surface area contributed by atoms with Crippen molar-refractivity contribution in [3.05, 3.63) is 35.4 Å². The fourth-order valence-electron chi connectivity index (χ4n) is 3.43. The summed E-state index contributed by atoms with van der Waals surface area (Å²) in [4.78, 5) is 28.6. The number of rotatable bonds is 5. The molecule has 0 aromatic heterocycles. The van der Waals surface area contributed by atoms with Crippen LogP contribution in [-0.4, -0.2) is 66.9 Å². The molecule has 1 atom stereocenters. The molecule has 0 radical (unpaired) electrons. The summed E-state index contributed by atoms with van der Waals surface area (Å²) in [5.74, 6) is 0.159. The van der Waals surface area contributed by atoms with Crippen LogP contribution < -0.4 is 10.6 Å². The van der Waals surface area contributed by atoms with Crippen molar-refractivity contribution in [2.45, 2.75) is 32.4 Å². The third-order valence-electron chi connectivity index (χ3n) is 5.07. The van der Waals surface area contributed by atoms with E-state index in [0.29, 0.717) is 19.1 Å². The lowest BCUT2D eigenvalue weighted by Crippen LogP contribution is -2.52. The Hall–Kier alpha value is -1.92. The number of nitrogens with one attached hydrogen (secondary N) is 2. The molecule has 6 heteroatoms. The summed E-state index contributed by atoms with van der Waals surface area (Å²) >= 11 is 0. The molecule has 0 bridgehead atoms. The van der Waals surface area contributed by atoms with Crippen LogP contribution >= 0.6 is 0 Å². The lowest BCUT2D eigenvalue weighted by molar-refractivity contribution is -0.123. The minimum Gasteiger partial charge on any atom is -0.351 e. The number of hydrogen-bond acceptors (Lipinski definition) is 4. The van der Waals surface area contributed by atoms with Crippen molar-refractivity contribution in [1.82, 2.24) is 20.4 Å². The molecule has 0 aliphatic carbocycles. The van der Waals surface area contributed by atoms with Gasteiger partial charge in [0.05, 0.1) is 6.54 Å². The fourth-order valence-corrected chi connectivity index (χ4v) is 3.43. The molecule has 136 valence electrons. The first-order valence-electron chi connectivity index (χ1n) is 9.23. The summed E-state index contributed by atoms with van der Waals surface area (Å²) in [5, 5.41) is 6.30. The molecule has 2 fully saturated rings. The van der Waals surface area contributed by atoms with Gasteiger partial charge in [0.25, 0.3) is 5.91 Å². The Morgan fingerprint density at radius 3 is 2.56 bits per heavy atom. The highest BCUT2D eigenvalue weighted by atomic mass is 16.2. The number of likely N-dealkylation sites (tertiary alicyclic amines) is 1. The largest absolute Gasteiger partial charge is 0.351 e. The van der Waals surface area contributed by atoms with E-state index in [1.165, 1.54) is 0 Å². The standard InChI is InChI=1S/C19H28N4O2/c1-15-12-20-8-11-23(15)14-18(24)21-13-16-4-6-17(7-5-16)19(25)22-9-2-3-10-22/h4-7,15,20H,2-3,8-14H2,1H3,(H,21,24)/t15-/m1/s1. The quantitative estimate of drug-likeness (QED) is 0.831. The summed E-state index contributed by atoms with van der Waals surface area (Å²) < 4.78 is 0. The first-order valence-corrected chi connectivity index (χ1v) is 9.23. The first kappa shape index (κ1) is 17.9. The molecule has 2 aliphatic heterocycles.